The molecule has 0 saturated heterocycles. The second-order valence-electron chi connectivity index (χ2n) is 4.29. The molecule has 0 aromatic heterocycles. The van der Waals surface area contributed by atoms with Crippen LogP contribution in [0.15, 0.2) is 36.4 Å². The molecule has 0 aliphatic heterocycles. The number of rotatable bonds is 4. The molecule has 7 heteroatoms. The molecule has 2 rings (SSSR count). The molecule has 1 atom stereocenters. The summed E-state index contributed by atoms with van der Waals surface area (Å²) in [5.41, 5.74) is 5.30. The van der Waals surface area contributed by atoms with Gasteiger partial charge >= 0.3 is 0 Å². The highest BCUT2D eigenvalue weighted by Gasteiger charge is 2.21. The van der Waals surface area contributed by atoms with Gasteiger partial charge in [-0.2, -0.15) is 0 Å². The van der Waals surface area contributed by atoms with Gasteiger partial charge in [-0.1, -0.05) is 0 Å². The highest BCUT2D eigenvalue weighted by molar-refractivity contribution is 5.84. The molecule has 1 unspecified atom stereocenters. The van der Waals surface area contributed by atoms with Crippen LogP contribution in [0.3, 0.4) is 0 Å². The maximum Gasteiger partial charge on any atom is 0.244 e. The Kier molecular flexibility index (Phi) is 4.11. The molecule has 0 heterocycles. The van der Waals surface area contributed by atoms with Gasteiger partial charge in [-0.15, -0.1) is 0 Å². The molecule has 0 radical (unpaired) electrons. The van der Waals surface area contributed by atoms with Crippen LogP contribution in [-0.4, -0.2) is 5.91 Å². The smallest absolute Gasteiger partial charge is 0.244 e. The Hall–Kier alpha value is -2.57. The molecule has 0 aliphatic rings. The predicted octanol–water partition coefficient (Wildman–Crippen LogP) is 2.88. The fourth-order valence-corrected chi connectivity index (χ4v) is 1.77. The molecule has 2 aromatic rings. The van der Waals surface area contributed by atoms with Gasteiger partial charge in [0, 0.05) is 5.69 Å². The zero-order valence-electron chi connectivity index (χ0n) is 10.5. The molecular formula is C14H10F4N2O. The van der Waals surface area contributed by atoms with Crippen molar-refractivity contribution in [3.05, 3.63) is 65.2 Å². The van der Waals surface area contributed by atoms with Gasteiger partial charge in [0.2, 0.25) is 5.91 Å². The average molecular weight is 298 g/mol. The van der Waals surface area contributed by atoms with Crippen molar-refractivity contribution in [2.75, 3.05) is 5.32 Å². The first-order valence-electron chi connectivity index (χ1n) is 5.84. The average Bonchev–Trinajstić information content (AvgIpc) is 2.43. The third-order valence-electron chi connectivity index (χ3n) is 2.78. The minimum atomic E-state index is -1.64. The Bertz CT molecular complexity index is 650. The van der Waals surface area contributed by atoms with E-state index in [1.54, 1.807) is 0 Å². The van der Waals surface area contributed by atoms with Crippen LogP contribution in [0.2, 0.25) is 0 Å². The number of amides is 1. The summed E-state index contributed by atoms with van der Waals surface area (Å²) < 4.78 is 52.1. The first kappa shape index (κ1) is 14.8. The molecule has 3 N–H and O–H groups in total. The highest BCUT2D eigenvalue weighted by Crippen LogP contribution is 2.23. The zero-order chi connectivity index (χ0) is 15.6. The summed E-state index contributed by atoms with van der Waals surface area (Å²) >= 11 is 0. The van der Waals surface area contributed by atoms with Crippen LogP contribution in [0.25, 0.3) is 0 Å². The lowest BCUT2D eigenvalue weighted by atomic mass is 10.1. The van der Waals surface area contributed by atoms with Crippen molar-refractivity contribution in [1.82, 2.24) is 0 Å². The number of nitrogens with one attached hydrogen (secondary N) is 1. The lowest BCUT2D eigenvalue weighted by Crippen LogP contribution is -2.28. The van der Waals surface area contributed by atoms with Gasteiger partial charge in [0.15, 0.2) is 17.5 Å². The van der Waals surface area contributed by atoms with Crippen LogP contribution in [0, 0.1) is 23.3 Å². The van der Waals surface area contributed by atoms with Crippen LogP contribution in [0.1, 0.15) is 11.6 Å². The SMILES string of the molecule is NC(=O)C(Nc1ccc(F)cc1)c1cc(F)c(F)c(F)c1. The molecule has 0 aliphatic carbocycles. The third-order valence-corrected chi connectivity index (χ3v) is 2.78. The fraction of sp³-hybridized carbons (Fsp3) is 0.0714. The minimum Gasteiger partial charge on any atom is -0.370 e. The van der Waals surface area contributed by atoms with Crippen molar-refractivity contribution in [3.63, 3.8) is 0 Å². The molecule has 3 nitrogen and oxygen atoms in total. The second kappa shape index (κ2) is 5.82. The lowest BCUT2D eigenvalue weighted by molar-refractivity contribution is -0.118. The van der Waals surface area contributed by atoms with Gasteiger partial charge in [0.1, 0.15) is 11.9 Å². The second-order valence-corrected chi connectivity index (χ2v) is 4.29. The van der Waals surface area contributed by atoms with E-state index in [1.165, 1.54) is 12.1 Å². The Morgan fingerprint density at radius 1 is 1.00 bits per heavy atom. The molecule has 2 aromatic carbocycles. The van der Waals surface area contributed by atoms with Crippen molar-refractivity contribution in [3.8, 4) is 0 Å². The van der Waals surface area contributed by atoms with Crippen LogP contribution < -0.4 is 11.1 Å². The van der Waals surface area contributed by atoms with Gasteiger partial charge in [-0.25, -0.2) is 17.6 Å². The van der Waals surface area contributed by atoms with Gasteiger partial charge in [0.25, 0.3) is 0 Å². The quantitative estimate of drug-likeness (QED) is 0.673. The number of primary amides is 1. The summed E-state index contributed by atoms with van der Waals surface area (Å²) in [7, 11) is 0. The Morgan fingerprint density at radius 2 is 1.52 bits per heavy atom. The number of nitrogens with two attached hydrogens (primary N) is 1. The van der Waals surface area contributed by atoms with Gasteiger partial charge in [-0.3, -0.25) is 4.79 Å². The minimum absolute atomic E-state index is 0.178. The van der Waals surface area contributed by atoms with Crippen molar-refractivity contribution < 1.29 is 22.4 Å². The summed E-state index contributed by atoms with van der Waals surface area (Å²) in [4.78, 5) is 11.4. The number of halogens is 4. The van der Waals surface area contributed by atoms with Gasteiger partial charge in [-0.05, 0) is 42.0 Å². The van der Waals surface area contributed by atoms with Crippen molar-refractivity contribution in [2.24, 2.45) is 5.73 Å². The van der Waals surface area contributed by atoms with Crippen LogP contribution in [0.4, 0.5) is 23.2 Å². The molecule has 21 heavy (non-hydrogen) atoms. The number of benzene rings is 2. The molecular weight excluding hydrogens is 288 g/mol. The summed E-state index contributed by atoms with van der Waals surface area (Å²) in [6.07, 6.45) is 0. The zero-order valence-corrected chi connectivity index (χ0v) is 10.5. The number of carbonyl (C=O) groups is 1. The number of anilines is 1. The van der Waals surface area contributed by atoms with Crippen LogP contribution in [0.5, 0.6) is 0 Å². The number of hydrogen-bond donors (Lipinski definition) is 2. The lowest BCUT2D eigenvalue weighted by Gasteiger charge is -2.17. The van der Waals surface area contributed by atoms with E-state index >= 15 is 0 Å². The Balaban J connectivity index is 2.35. The summed E-state index contributed by atoms with van der Waals surface area (Å²) in [5, 5.41) is 2.60. The van der Waals surface area contributed by atoms with Crippen molar-refractivity contribution >= 4 is 11.6 Å². The maximum atomic E-state index is 13.2. The Morgan fingerprint density at radius 3 is 2.00 bits per heavy atom. The monoisotopic (exact) mass is 298 g/mol. The van der Waals surface area contributed by atoms with E-state index in [1.807, 2.05) is 0 Å². The number of hydrogen-bond acceptors (Lipinski definition) is 2. The third kappa shape index (κ3) is 3.31. The fourth-order valence-electron chi connectivity index (χ4n) is 1.77. The van der Waals surface area contributed by atoms with Crippen molar-refractivity contribution in [1.29, 1.82) is 0 Å². The van der Waals surface area contributed by atoms with Crippen molar-refractivity contribution in [2.45, 2.75) is 6.04 Å². The van der Waals surface area contributed by atoms with Crippen LogP contribution in [-0.2, 0) is 4.79 Å². The molecule has 0 fully saturated rings. The summed E-state index contributed by atoms with van der Waals surface area (Å²) in [5.74, 6) is -5.92. The summed E-state index contributed by atoms with van der Waals surface area (Å²) in [6, 6.07) is 4.95. The van der Waals surface area contributed by atoms with E-state index in [2.05, 4.69) is 5.32 Å². The van der Waals surface area contributed by atoms with Gasteiger partial charge < -0.3 is 11.1 Å². The summed E-state index contributed by atoms with van der Waals surface area (Å²) in [6.45, 7) is 0. The molecule has 0 spiro atoms. The maximum absolute atomic E-state index is 13.2. The highest BCUT2D eigenvalue weighted by atomic mass is 19.2. The number of carbonyl (C=O) groups excluding carboxylic acids is 1. The van der Waals surface area contributed by atoms with E-state index in [0.717, 1.165) is 12.1 Å². The first-order valence-corrected chi connectivity index (χ1v) is 5.84. The predicted molar refractivity (Wildman–Crippen MR) is 68.3 cm³/mol. The van der Waals surface area contributed by atoms with E-state index in [4.69, 9.17) is 5.73 Å². The van der Waals surface area contributed by atoms with E-state index in [-0.39, 0.29) is 5.56 Å². The largest absolute Gasteiger partial charge is 0.370 e. The van der Waals surface area contributed by atoms with E-state index in [0.29, 0.717) is 17.8 Å². The van der Waals surface area contributed by atoms with Gasteiger partial charge in [0.05, 0.1) is 0 Å². The standard InChI is InChI=1S/C14H10F4N2O/c15-8-1-3-9(4-2-8)20-13(14(19)21)7-5-10(16)12(18)11(17)6-7/h1-6,13,20H,(H2,19,21). The molecule has 1 amide bonds. The topological polar surface area (TPSA) is 55.1 Å². The van der Waals surface area contributed by atoms with Crippen LogP contribution >= 0.6 is 0 Å². The molecule has 0 bridgehead atoms. The first-order chi connectivity index (χ1) is 9.88. The normalized spacial score (nSPS) is 12.0. The van der Waals surface area contributed by atoms with E-state index in [9.17, 15) is 22.4 Å². The molecule has 0 saturated carbocycles. The Labute approximate surface area is 117 Å². The molecule has 110 valence electrons. The van der Waals surface area contributed by atoms with E-state index < -0.39 is 35.2 Å².